The summed E-state index contributed by atoms with van der Waals surface area (Å²) in [4.78, 5) is 23.9. The molecule has 1 aromatic carbocycles. The van der Waals surface area contributed by atoms with Gasteiger partial charge in [0.1, 0.15) is 5.82 Å². The van der Waals surface area contributed by atoms with Crippen LogP contribution in [0.3, 0.4) is 0 Å². The second kappa shape index (κ2) is 6.76. The van der Waals surface area contributed by atoms with Gasteiger partial charge in [-0.05, 0) is 55.7 Å². The van der Waals surface area contributed by atoms with Crippen molar-refractivity contribution in [2.75, 3.05) is 18.0 Å². The summed E-state index contributed by atoms with van der Waals surface area (Å²) in [6, 6.07) is 9.77. The van der Waals surface area contributed by atoms with E-state index in [2.05, 4.69) is 15.0 Å². The molecule has 6 nitrogen and oxygen atoms in total. The first-order chi connectivity index (χ1) is 13.3. The molecule has 0 unspecified atom stereocenters. The summed E-state index contributed by atoms with van der Waals surface area (Å²) in [5.74, 6) is 1.43. The largest absolute Gasteiger partial charge is 0.355 e. The highest BCUT2D eigenvalue weighted by Gasteiger charge is 2.22. The molecule has 0 N–H and O–H groups in total. The molecule has 1 fully saturated rings. The number of anilines is 1. The van der Waals surface area contributed by atoms with Crippen molar-refractivity contribution in [1.29, 1.82) is 0 Å². The van der Waals surface area contributed by atoms with Gasteiger partial charge in [0.05, 0.1) is 22.9 Å². The lowest BCUT2D eigenvalue weighted by molar-refractivity contribution is 0.333. The maximum Gasteiger partial charge on any atom is 0.267 e. The van der Waals surface area contributed by atoms with Crippen molar-refractivity contribution in [2.24, 2.45) is 5.92 Å². The summed E-state index contributed by atoms with van der Waals surface area (Å²) in [6.07, 6.45) is 7.09. The minimum atomic E-state index is 0.0541. The highest BCUT2D eigenvalue weighted by atomic mass is 16.1. The fourth-order valence-electron chi connectivity index (χ4n) is 4.26. The van der Waals surface area contributed by atoms with Gasteiger partial charge in [0.2, 0.25) is 0 Å². The molecule has 1 aliphatic heterocycles. The SMILES string of the molecule is O=c1cc2c(nn1CC1CCN(c3cnc4ccccc4n3)CC1)CCC2. The molecule has 3 heterocycles. The van der Waals surface area contributed by atoms with Crippen molar-refractivity contribution in [3.63, 3.8) is 0 Å². The summed E-state index contributed by atoms with van der Waals surface area (Å²) >= 11 is 0. The number of benzene rings is 1. The van der Waals surface area contributed by atoms with Gasteiger partial charge in [-0.1, -0.05) is 12.1 Å². The molecule has 0 amide bonds. The lowest BCUT2D eigenvalue weighted by Gasteiger charge is -2.32. The maximum absolute atomic E-state index is 12.3. The molecule has 2 aliphatic rings. The van der Waals surface area contributed by atoms with Crippen LogP contribution < -0.4 is 10.5 Å². The van der Waals surface area contributed by atoms with E-state index in [9.17, 15) is 4.79 Å². The van der Waals surface area contributed by atoms with Gasteiger partial charge in [0.25, 0.3) is 5.56 Å². The normalized spacial score (nSPS) is 17.4. The molecule has 3 aromatic rings. The van der Waals surface area contributed by atoms with Crippen LogP contribution in [0.25, 0.3) is 11.0 Å². The molecule has 0 atom stereocenters. The summed E-state index contributed by atoms with van der Waals surface area (Å²) in [7, 11) is 0. The van der Waals surface area contributed by atoms with E-state index in [1.165, 1.54) is 0 Å². The van der Waals surface area contributed by atoms with Gasteiger partial charge < -0.3 is 4.90 Å². The number of hydrogen-bond donors (Lipinski definition) is 0. The van der Waals surface area contributed by atoms with E-state index in [0.29, 0.717) is 5.92 Å². The van der Waals surface area contributed by atoms with Crippen LogP contribution in [0.4, 0.5) is 5.82 Å². The molecule has 5 rings (SSSR count). The van der Waals surface area contributed by atoms with Crippen LogP contribution in [0.15, 0.2) is 41.3 Å². The standard InChI is InChI=1S/C21H23N5O/c27-21-12-16-4-3-7-17(16)24-26(21)14-15-8-10-25(11-9-15)20-13-22-18-5-1-2-6-19(18)23-20/h1-2,5-6,12-13,15H,3-4,7-11,14H2. The Bertz CT molecular complexity index is 1040. The van der Waals surface area contributed by atoms with Gasteiger partial charge >= 0.3 is 0 Å². The van der Waals surface area contributed by atoms with Gasteiger partial charge in [-0.2, -0.15) is 5.10 Å². The Morgan fingerprint density at radius 1 is 1.07 bits per heavy atom. The second-order valence-electron chi connectivity index (χ2n) is 7.64. The molecule has 2 aromatic heterocycles. The summed E-state index contributed by atoms with van der Waals surface area (Å²) in [5, 5.41) is 4.63. The summed E-state index contributed by atoms with van der Waals surface area (Å²) in [6.45, 7) is 2.61. The van der Waals surface area contributed by atoms with Crippen LogP contribution in [0.2, 0.25) is 0 Å². The third-order valence-electron chi connectivity index (χ3n) is 5.83. The lowest BCUT2D eigenvalue weighted by Crippen LogP contribution is -2.37. The highest BCUT2D eigenvalue weighted by Crippen LogP contribution is 2.24. The minimum Gasteiger partial charge on any atom is -0.355 e. The van der Waals surface area contributed by atoms with E-state index < -0.39 is 0 Å². The molecule has 0 radical (unpaired) electrons. The predicted molar refractivity (Wildman–Crippen MR) is 105 cm³/mol. The molecule has 6 heteroatoms. The van der Waals surface area contributed by atoms with E-state index >= 15 is 0 Å². The Hall–Kier alpha value is -2.76. The quantitative estimate of drug-likeness (QED) is 0.717. The van der Waals surface area contributed by atoms with Gasteiger partial charge in [0, 0.05) is 25.7 Å². The molecular formula is C21H23N5O. The first-order valence-corrected chi connectivity index (χ1v) is 9.83. The third kappa shape index (κ3) is 3.20. The Morgan fingerprint density at radius 2 is 1.89 bits per heavy atom. The number of aromatic nitrogens is 4. The first kappa shape index (κ1) is 16.4. The lowest BCUT2D eigenvalue weighted by atomic mass is 9.97. The number of rotatable bonds is 3. The Kier molecular flexibility index (Phi) is 4.11. The van der Waals surface area contributed by atoms with Crippen molar-refractivity contribution in [1.82, 2.24) is 19.7 Å². The van der Waals surface area contributed by atoms with Crippen molar-refractivity contribution < 1.29 is 0 Å². The molecule has 138 valence electrons. The minimum absolute atomic E-state index is 0.0541. The van der Waals surface area contributed by atoms with Crippen LogP contribution in [0.1, 0.15) is 30.5 Å². The predicted octanol–water partition coefficient (Wildman–Crippen LogP) is 2.59. The number of piperidine rings is 1. The topological polar surface area (TPSA) is 63.9 Å². The average Bonchev–Trinajstić information content (AvgIpc) is 3.15. The molecule has 1 saturated heterocycles. The van der Waals surface area contributed by atoms with Crippen LogP contribution in [-0.2, 0) is 19.4 Å². The van der Waals surface area contributed by atoms with E-state index in [1.807, 2.05) is 30.5 Å². The number of para-hydroxylation sites is 2. The Balaban J connectivity index is 1.27. The fourth-order valence-corrected chi connectivity index (χ4v) is 4.26. The van der Waals surface area contributed by atoms with Crippen LogP contribution in [0, 0.1) is 5.92 Å². The van der Waals surface area contributed by atoms with Crippen molar-refractivity contribution in [3.8, 4) is 0 Å². The van der Waals surface area contributed by atoms with Crippen molar-refractivity contribution >= 4 is 16.9 Å². The number of nitrogens with zero attached hydrogens (tertiary/aromatic N) is 5. The van der Waals surface area contributed by atoms with Gasteiger partial charge in [-0.25, -0.2) is 9.67 Å². The van der Waals surface area contributed by atoms with E-state index in [0.717, 1.165) is 79.8 Å². The Morgan fingerprint density at radius 3 is 2.74 bits per heavy atom. The zero-order valence-corrected chi connectivity index (χ0v) is 15.3. The molecule has 0 saturated carbocycles. The molecular weight excluding hydrogens is 338 g/mol. The number of fused-ring (bicyclic) bond motifs is 2. The molecule has 1 aliphatic carbocycles. The molecule has 0 bridgehead atoms. The zero-order valence-electron chi connectivity index (χ0n) is 15.3. The van der Waals surface area contributed by atoms with Crippen molar-refractivity contribution in [3.05, 3.63) is 58.1 Å². The van der Waals surface area contributed by atoms with E-state index in [1.54, 1.807) is 10.7 Å². The first-order valence-electron chi connectivity index (χ1n) is 9.83. The smallest absolute Gasteiger partial charge is 0.267 e. The highest BCUT2D eigenvalue weighted by molar-refractivity contribution is 5.75. The van der Waals surface area contributed by atoms with Gasteiger partial charge in [-0.15, -0.1) is 0 Å². The molecule has 0 spiro atoms. The van der Waals surface area contributed by atoms with Gasteiger partial charge in [0.15, 0.2) is 0 Å². The number of hydrogen-bond acceptors (Lipinski definition) is 5. The maximum atomic E-state index is 12.3. The van der Waals surface area contributed by atoms with Crippen LogP contribution >= 0.6 is 0 Å². The average molecular weight is 361 g/mol. The van der Waals surface area contributed by atoms with E-state index in [-0.39, 0.29) is 5.56 Å². The van der Waals surface area contributed by atoms with Crippen molar-refractivity contribution in [2.45, 2.75) is 38.6 Å². The van der Waals surface area contributed by atoms with Crippen LogP contribution in [0.5, 0.6) is 0 Å². The third-order valence-corrected chi connectivity index (χ3v) is 5.83. The Labute approximate surface area is 157 Å². The summed E-state index contributed by atoms with van der Waals surface area (Å²) < 4.78 is 1.69. The second-order valence-corrected chi connectivity index (χ2v) is 7.64. The van der Waals surface area contributed by atoms with Gasteiger partial charge in [-0.3, -0.25) is 9.78 Å². The monoisotopic (exact) mass is 361 g/mol. The van der Waals surface area contributed by atoms with E-state index in [4.69, 9.17) is 4.98 Å². The number of aryl methyl sites for hydroxylation is 2. The zero-order chi connectivity index (χ0) is 18.2. The summed E-state index contributed by atoms with van der Waals surface area (Å²) in [5.41, 5.74) is 4.20. The fraction of sp³-hybridized carbons (Fsp3) is 0.429. The van der Waals surface area contributed by atoms with Crippen LogP contribution in [-0.4, -0.2) is 32.8 Å². The molecule has 27 heavy (non-hydrogen) atoms.